The molecule has 21 heavy (non-hydrogen) atoms. The van der Waals surface area contributed by atoms with E-state index in [2.05, 4.69) is 10.6 Å². The van der Waals surface area contributed by atoms with Crippen LogP contribution in [0.15, 0.2) is 24.3 Å². The fourth-order valence-corrected chi connectivity index (χ4v) is 1.83. The average Bonchev–Trinajstić information content (AvgIpc) is 2.37. The Hall–Kier alpha value is -2.37. The van der Waals surface area contributed by atoms with Gasteiger partial charge in [0, 0.05) is 11.3 Å². The van der Waals surface area contributed by atoms with Gasteiger partial charge in [-0.1, -0.05) is 26.0 Å². The van der Waals surface area contributed by atoms with Gasteiger partial charge >= 0.3 is 6.03 Å². The van der Waals surface area contributed by atoms with Crippen molar-refractivity contribution >= 4 is 23.5 Å². The Kier molecular flexibility index (Phi) is 5.90. The second kappa shape index (κ2) is 7.42. The molecule has 0 aliphatic heterocycles. The number of hydrogen-bond acceptors (Lipinski definition) is 4. The van der Waals surface area contributed by atoms with Gasteiger partial charge in [0.1, 0.15) is 0 Å². The number of carbonyl (C=O) groups excluding carboxylic acids is 3. The summed E-state index contributed by atoms with van der Waals surface area (Å²) in [6.45, 7) is 5.13. The Morgan fingerprint density at radius 3 is 2.43 bits per heavy atom. The highest BCUT2D eigenvalue weighted by atomic mass is 16.4. The summed E-state index contributed by atoms with van der Waals surface area (Å²) in [6, 6.07) is 4.71. The van der Waals surface area contributed by atoms with E-state index in [4.69, 9.17) is 0 Å². The zero-order valence-corrected chi connectivity index (χ0v) is 12.3. The van der Waals surface area contributed by atoms with E-state index >= 15 is 0 Å². The number of Topliss-reactive ketones (excluding diaryl/α,β-unsaturated/α-hetero) is 1. The number of benzene rings is 1. The van der Waals surface area contributed by atoms with E-state index in [0.29, 0.717) is 11.3 Å². The van der Waals surface area contributed by atoms with Gasteiger partial charge in [0.05, 0.1) is 12.0 Å². The Balaban J connectivity index is 2.70. The minimum Gasteiger partial charge on any atom is -0.548 e. The molecule has 1 aromatic carbocycles. The summed E-state index contributed by atoms with van der Waals surface area (Å²) >= 11 is 0. The molecule has 1 rings (SSSR count). The number of carboxylic acid groups (broad SMARTS) is 1. The van der Waals surface area contributed by atoms with Crippen LogP contribution in [0.25, 0.3) is 0 Å². The summed E-state index contributed by atoms with van der Waals surface area (Å²) in [6.07, 6.45) is 0.281. The number of amides is 2. The van der Waals surface area contributed by atoms with Crippen molar-refractivity contribution in [2.24, 2.45) is 5.92 Å². The number of anilines is 1. The lowest BCUT2D eigenvalue weighted by Crippen LogP contribution is -2.49. The quantitative estimate of drug-likeness (QED) is 0.769. The number of rotatable bonds is 6. The maximum Gasteiger partial charge on any atom is 0.319 e. The molecule has 6 nitrogen and oxygen atoms in total. The number of carboxylic acids is 1. The smallest absolute Gasteiger partial charge is 0.319 e. The van der Waals surface area contributed by atoms with Gasteiger partial charge in [-0.15, -0.1) is 0 Å². The highest BCUT2D eigenvalue weighted by Crippen LogP contribution is 2.11. The van der Waals surface area contributed by atoms with Crippen molar-refractivity contribution in [2.75, 3.05) is 5.32 Å². The van der Waals surface area contributed by atoms with E-state index in [1.807, 2.05) is 13.8 Å². The van der Waals surface area contributed by atoms with Crippen LogP contribution in [-0.2, 0) is 4.79 Å². The molecule has 0 aliphatic carbocycles. The maximum atomic E-state index is 11.8. The van der Waals surface area contributed by atoms with Crippen LogP contribution in [0, 0.1) is 5.92 Å². The maximum absolute atomic E-state index is 11.8. The third-order valence-corrected chi connectivity index (χ3v) is 2.82. The Morgan fingerprint density at radius 1 is 1.24 bits per heavy atom. The van der Waals surface area contributed by atoms with E-state index in [1.54, 1.807) is 18.2 Å². The second-order valence-corrected chi connectivity index (χ2v) is 5.24. The van der Waals surface area contributed by atoms with Crippen LogP contribution in [0.2, 0.25) is 0 Å². The zero-order valence-electron chi connectivity index (χ0n) is 12.3. The molecule has 1 atom stereocenters. The van der Waals surface area contributed by atoms with E-state index in [0.717, 1.165) is 0 Å². The third kappa shape index (κ3) is 5.64. The van der Waals surface area contributed by atoms with Crippen LogP contribution in [0.4, 0.5) is 10.5 Å². The lowest BCUT2D eigenvalue weighted by molar-refractivity contribution is -0.308. The minimum absolute atomic E-state index is 0.106. The van der Waals surface area contributed by atoms with Gasteiger partial charge in [0.15, 0.2) is 5.78 Å². The van der Waals surface area contributed by atoms with Crippen molar-refractivity contribution in [1.29, 1.82) is 0 Å². The summed E-state index contributed by atoms with van der Waals surface area (Å²) in [7, 11) is 0. The number of hydrogen-bond donors (Lipinski definition) is 2. The lowest BCUT2D eigenvalue weighted by Gasteiger charge is -2.21. The first-order chi connectivity index (χ1) is 9.79. The standard InChI is InChI=1S/C15H20N2O4/c1-9(2)7-13(14(19)20)17-15(21)16-12-6-4-5-11(8-12)10(3)18/h4-6,8-9,13H,7H2,1-3H3,(H,19,20)(H2,16,17,21)/p-1/t13-/m0/s1. The van der Waals surface area contributed by atoms with E-state index < -0.39 is 18.0 Å². The van der Waals surface area contributed by atoms with Crippen molar-refractivity contribution in [3.05, 3.63) is 29.8 Å². The largest absolute Gasteiger partial charge is 0.548 e. The molecule has 0 unspecified atom stereocenters. The number of ketones is 1. The molecule has 0 saturated carbocycles. The average molecular weight is 291 g/mol. The van der Waals surface area contributed by atoms with Gasteiger partial charge < -0.3 is 20.5 Å². The van der Waals surface area contributed by atoms with E-state index in [9.17, 15) is 19.5 Å². The number of urea groups is 1. The number of carbonyl (C=O) groups is 3. The highest BCUT2D eigenvalue weighted by molar-refractivity contribution is 5.97. The molecular weight excluding hydrogens is 272 g/mol. The molecule has 2 N–H and O–H groups in total. The van der Waals surface area contributed by atoms with Gasteiger partial charge in [0.25, 0.3) is 0 Å². The summed E-state index contributed by atoms with van der Waals surface area (Å²) in [5, 5.41) is 15.8. The molecule has 0 fully saturated rings. The Bertz CT molecular complexity index is 540. The molecule has 114 valence electrons. The molecule has 0 heterocycles. The van der Waals surface area contributed by atoms with Crippen LogP contribution >= 0.6 is 0 Å². The van der Waals surface area contributed by atoms with Crippen LogP contribution in [0.5, 0.6) is 0 Å². The number of nitrogens with one attached hydrogen (secondary N) is 2. The summed E-state index contributed by atoms with van der Waals surface area (Å²) in [4.78, 5) is 34.0. The molecule has 0 saturated heterocycles. The molecule has 0 radical (unpaired) electrons. The normalized spacial score (nSPS) is 11.8. The molecule has 6 heteroatoms. The lowest BCUT2D eigenvalue weighted by atomic mass is 10.0. The molecule has 0 aromatic heterocycles. The molecule has 0 spiro atoms. The fraction of sp³-hybridized carbons (Fsp3) is 0.400. The first-order valence-corrected chi connectivity index (χ1v) is 6.69. The van der Waals surface area contributed by atoms with E-state index in [-0.39, 0.29) is 18.1 Å². The van der Waals surface area contributed by atoms with Crippen LogP contribution in [0.3, 0.4) is 0 Å². The van der Waals surface area contributed by atoms with Crippen molar-refractivity contribution in [3.8, 4) is 0 Å². The van der Waals surface area contributed by atoms with Crippen molar-refractivity contribution in [2.45, 2.75) is 33.2 Å². The Morgan fingerprint density at radius 2 is 1.90 bits per heavy atom. The predicted octanol–water partition coefficient (Wildman–Crippen LogP) is 1.18. The third-order valence-electron chi connectivity index (χ3n) is 2.82. The molecule has 0 aliphatic rings. The van der Waals surface area contributed by atoms with Crippen molar-refractivity contribution in [1.82, 2.24) is 5.32 Å². The van der Waals surface area contributed by atoms with Crippen LogP contribution in [-0.4, -0.2) is 23.8 Å². The second-order valence-electron chi connectivity index (χ2n) is 5.24. The summed E-state index contributed by atoms with van der Waals surface area (Å²) in [5.74, 6) is -1.34. The summed E-state index contributed by atoms with van der Waals surface area (Å²) < 4.78 is 0. The minimum atomic E-state index is -1.32. The molecule has 0 bridgehead atoms. The molecule has 1 aromatic rings. The van der Waals surface area contributed by atoms with Gasteiger partial charge in [-0.3, -0.25) is 4.79 Å². The first kappa shape index (κ1) is 16.7. The SMILES string of the molecule is CC(=O)c1cccc(NC(=O)N[C@@H](CC(C)C)C(=O)[O-])c1. The molecule has 2 amide bonds. The van der Waals surface area contributed by atoms with Gasteiger partial charge in [-0.25, -0.2) is 4.79 Å². The van der Waals surface area contributed by atoms with Gasteiger partial charge in [-0.05, 0) is 31.4 Å². The topological polar surface area (TPSA) is 98.3 Å². The fourth-order valence-electron chi connectivity index (χ4n) is 1.83. The monoisotopic (exact) mass is 291 g/mol. The van der Waals surface area contributed by atoms with Crippen molar-refractivity contribution in [3.63, 3.8) is 0 Å². The predicted molar refractivity (Wildman–Crippen MR) is 76.9 cm³/mol. The van der Waals surface area contributed by atoms with Gasteiger partial charge in [-0.2, -0.15) is 0 Å². The molecular formula is C15H19N2O4-. The number of aliphatic carboxylic acids is 1. The zero-order chi connectivity index (χ0) is 16.0. The highest BCUT2D eigenvalue weighted by Gasteiger charge is 2.15. The van der Waals surface area contributed by atoms with E-state index in [1.165, 1.54) is 13.0 Å². The van der Waals surface area contributed by atoms with Crippen LogP contribution in [0.1, 0.15) is 37.6 Å². The summed E-state index contributed by atoms with van der Waals surface area (Å²) in [5.41, 5.74) is 0.883. The van der Waals surface area contributed by atoms with Crippen molar-refractivity contribution < 1.29 is 19.5 Å². The van der Waals surface area contributed by atoms with Crippen LogP contribution < -0.4 is 15.7 Å². The first-order valence-electron chi connectivity index (χ1n) is 6.69. The Labute approximate surface area is 123 Å². The van der Waals surface area contributed by atoms with Gasteiger partial charge in [0.2, 0.25) is 0 Å².